The van der Waals surface area contributed by atoms with Crippen LogP contribution in [0.5, 0.6) is 0 Å². The first-order chi connectivity index (χ1) is 15.3. The van der Waals surface area contributed by atoms with Gasteiger partial charge >= 0.3 is 0 Å². The van der Waals surface area contributed by atoms with E-state index in [-0.39, 0.29) is 30.1 Å². The van der Waals surface area contributed by atoms with Gasteiger partial charge in [0.2, 0.25) is 5.91 Å². The number of Topliss-reactive ketones (excluding diaryl/α,β-unsaturated/α-hetero) is 1. The van der Waals surface area contributed by atoms with Gasteiger partial charge in [-0.3, -0.25) is 14.4 Å². The SMILES string of the molecule is CNC1(C(=O)N(C)CC(O)CO)C(I)=C(C(=O)CCl)C(I)=C(C(=O)N(C)CC(O)CO)C1I. The van der Waals surface area contributed by atoms with Crippen LogP contribution in [0.2, 0.25) is 0 Å². The molecule has 0 bridgehead atoms. The van der Waals surface area contributed by atoms with Crippen molar-refractivity contribution in [2.75, 3.05) is 53.3 Å². The van der Waals surface area contributed by atoms with Gasteiger partial charge in [0.05, 0.1) is 35.2 Å². The van der Waals surface area contributed by atoms with Crippen molar-refractivity contribution in [3.05, 3.63) is 18.3 Å². The molecule has 1 rings (SSSR count). The maximum Gasteiger partial charge on any atom is 0.251 e. The van der Waals surface area contributed by atoms with Crippen molar-refractivity contribution in [3.8, 4) is 0 Å². The predicted octanol–water partition coefficient (Wildman–Crippen LogP) is -0.429. The number of aliphatic hydroxyl groups excluding tert-OH is 4. The highest BCUT2D eigenvalue weighted by atomic mass is 127. The number of carbonyl (C=O) groups is 3. The molecule has 4 atom stereocenters. The number of carbonyl (C=O) groups excluding carboxylic acids is 3. The van der Waals surface area contributed by atoms with Crippen molar-refractivity contribution < 1.29 is 34.8 Å². The van der Waals surface area contributed by atoms with E-state index >= 15 is 0 Å². The summed E-state index contributed by atoms with van der Waals surface area (Å²) in [5.74, 6) is -1.88. The van der Waals surface area contributed by atoms with E-state index in [1.54, 1.807) is 0 Å². The lowest BCUT2D eigenvalue weighted by Crippen LogP contribution is -2.65. The second-order valence-electron chi connectivity index (χ2n) is 7.44. The van der Waals surface area contributed by atoms with Crippen LogP contribution in [0.1, 0.15) is 0 Å². The Morgan fingerprint density at radius 1 is 1.09 bits per heavy atom. The van der Waals surface area contributed by atoms with Gasteiger partial charge in [-0.2, -0.15) is 0 Å². The average Bonchev–Trinajstić information content (AvgIpc) is 2.78. The number of halogens is 4. The van der Waals surface area contributed by atoms with E-state index in [1.165, 1.54) is 30.9 Å². The summed E-state index contributed by atoms with van der Waals surface area (Å²) >= 11 is 11.6. The number of likely N-dealkylation sites (N-methyl/N-ethyl adjacent to an activating group) is 3. The van der Waals surface area contributed by atoms with Crippen LogP contribution in [0.3, 0.4) is 0 Å². The van der Waals surface area contributed by atoms with E-state index < -0.39 is 52.5 Å². The first-order valence-corrected chi connectivity index (χ1v) is 13.6. The Balaban J connectivity index is 3.73. The highest BCUT2D eigenvalue weighted by Gasteiger charge is 2.55. The van der Waals surface area contributed by atoms with Crippen LogP contribution in [-0.2, 0) is 14.4 Å². The summed E-state index contributed by atoms with van der Waals surface area (Å²) in [7, 11) is 4.42. The van der Waals surface area contributed by atoms with E-state index in [4.69, 9.17) is 16.7 Å². The summed E-state index contributed by atoms with van der Waals surface area (Å²) in [6.45, 7) is -1.40. The average molecular weight is 826 g/mol. The largest absolute Gasteiger partial charge is 0.394 e. The Kier molecular flexibility index (Phi) is 13.0. The Hall–Kier alpha value is 0.370. The summed E-state index contributed by atoms with van der Waals surface area (Å²) < 4.78 is -0.107. The van der Waals surface area contributed by atoms with Crippen molar-refractivity contribution in [1.29, 1.82) is 0 Å². The third kappa shape index (κ3) is 6.58. The number of rotatable bonds is 11. The molecule has 188 valence electrons. The van der Waals surface area contributed by atoms with Gasteiger partial charge in [0.1, 0.15) is 5.54 Å². The molecule has 0 spiro atoms. The zero-order valence-electron chi connectivity index (χ0n) is 18.2. The first kappa shape index (κ1) is 31.4. The lowest BCUT2D eigenvalue weighted by molar-refractivity contribution is -0.136. The third-order valence-corrected chi connectivity index (χ3v) is 9.41. The zero-order chi connectivity index (χ0) is 25.7. The van der Waals surface area contributed by atoms with Gasteiger partial charge < -0.3 is 35.5 Å². The third-order valence-electron chi connectivity index (χ3n) is 5.10. The van der Waals surface area contributed by atoms with Crippen LogP contribution in [0, 0.1) is 0 Å². The molecule has 0 heterocycles. The summed E-state index contributed by atoms with van der Waals surface area (Å²) in [6, 6.07) is 0. The second kappa shape index (κ2) is 13.6. The minimum atomic E-state index is -1.54. The molecule has 0 aliphatic heterocycles. The molecule has 2 amide bonds. The number of nitrogens with one attached hydrogen (secondary N) is 1. The van der Waals surface area contributed by atoms with Crippen molar-refractivity contribution in [2.24, 2.45) is 0 Å². The lowest BCUT2D eigenvalue weighted by Gasteiger charge is -2.44. The summed E-state index contributed by atoms with van der Waals surface area (Å²) in [4.78, 5) is 42.4. The first-order valence-electron chi connectivity index (χ1n) is 9.66. The number of allylic oxidation sites excluding steroid dienone is 2. The van der Waals surface area contributed by atoms with Crippen LogP contribution in [-0.4, -0.2) is 123 Å². The molecule has 0 fully saturated rings. The molecule has 0 aromatic heterocycles. The maximum absolute atomic E-state index is 13.7. The molecule has 33 heavy (non-hydrogen) atoms. The van der Waals surface area contributed by atoms with Crippen LogP contribution in [0.15, 0.2) is 18.3 Å². The van der Waals surface area contributed by atoms with Crippen molar-refractivity contribution in [3.63, 3.8) is 0 Å². The van der Waals surface area contributed by atoms with Crippen LogP contribution < -0.4 is 5.32 Å². The molecule has 0 aromatic rings. The van der Waals surface area contributed by atoms with E-state index in [2.05, 4.69) is 5.32 Å². The number of ketones is 1. The van der Waals surface area contributed by atoms with Gasteiger partial charge in [-0.15, -0.1) is 11.6 Å². The molecule has 1 aliphatic rings. The molecule has 5 N–H and O–H groups in total. The van der Waals surface area contributed by atoms with Crippen molar-refractivity contribution >= 4 is 97.0 Å². The second-order valence-corrected chi connectivity index (χ2v) is 11.1. The molecule has 0 saturated carbocycles. The molecule has 0 radical (unpaired) electrons. The Bertz CT molecular complexity index is 841. The van der Waals surface area contributed by atoms with E-state index in [0.29, 0.717) is 7.16 Å². The van der Waals surface area contributed by atoms with Gasteiger partial charge in [-0.25, -0.2) is 0 Å². The minimum Gasteiger partial charge on any atom is -0.394 e. The highest BCUT2D eigenvalue weighted by molar-refractivity contribution is 14.1. The van der Waals surface area contributed by atoms with Crippen LogP contribution in [0.25, 0.3) is 0 Å². The van der Waals surface area contributed by atoms with Gasteiger partial charge in [-0.05, 0) is 52.2 Å². The number of nitrogens with zero attached hydrogens (tertiary/aromatic N) is 2. The monoisotopic (exact) mass is 825 g/mol. The Morgan fingerprint density at radius 2 is 1.58 bits per heavy atom. The van der Waals surface area contributed by atoms with Gasteiger partial charge in [0.25, 0.3) is 5.91 Å². The Morgan fingerprint density at radius 3 is 2.00 bits per heavy atom. The molecule has 14 heteroatoms. The number of hydrogen-bond acceptors (Lipinski definition) is 8. The number of alkyl halides is 2. The van der Waals surface area contributed by atoms with E-state index in [0.717, 1.165) is 0 Å². The molecular weight excluding hydrogens is 798 g/mol. The van der Waals surface area contributed by atoms with Gasteiger partial charge in [-0.1, -0.05) is 22.6 Å². The minimum absolute atomic E-state index is 0.136. The molecule has 1 aliphatic carbocycles. The van der Waals surface area contributed by atoms with Crippen molar-refractivity contribution in [1.82, 2.24) is 15.1 Å². The normalized spacial score (nSPS) is 22.8. The summed E-state index contributed by atoms with van der Waals surface area (Å²) in [5.41, 5.74) is -1.24. The van der Waals surface area contributed by atoms with Gasteiger partial charge in [0, 0.05) is 45.5 Å². The van der Waals surface area contributed by atoms with Crippen LogP contribution in [0.4, 0.5) is 0 Å². The van der Waals surface area contributed by atoms with Crippen LogP contribution >= 0.6 is 79.4 Å². The number of amides is 2. The standard InChI is InChI=1S/C19H27ClI3N3O7/c1-24-19(18(33)26(3)6-10(30)8-28)15(22)12(11(31)4-20)14(21)13(16(19)23)17(32)25(2)5-9(29)7-27/h9-10,16,24,27-30H,4-8H2,1-3H3. The quantitative estimate of drug-likeness (QED) is 0.139. The molecule has 0 saturated heterocycles. The summed E-state index contributed by atoms with van der Waals surface area (Å²) in [6.07, 6.45) is -2.33. The topological polar surface area (TPSA) is 151 Å². The lowest BCUT2D eigenvalue weighted by atomic mass is 9.80. The molecule has 10 nitrogen and oxygen atoms in total. The fourth-order valence-corrected chi connectivity index (χ4v) is 9.15. The molecule has 4 unspecified atom stereocenters. The molecular formula is C19H27ClI3N3O7. The fraction of sp³-hybridized carbons (Fsp3) is 0.632. The number of aliphatic hydroxyl groups is 4. The smallest absolute Gasteiger partial charge is 0.251 e. The van der Waals surface area contributed by atoms with Crippen molar-refractivity contribution in [2.45, 2.75) is 21.7 Å². The Labute approximate surface area is 238 Å². The maximum atomic E-state index is 13.7. The fourth-order valence-electron chi connectivity index (χ4n) is 3.35. The molecule has 0 aromatic carbocycles. The zero-order valence-corrected chi connectivity index (χ0v) is 25.4. The van der Waals surface area contributed by atoms with E-state index in [9.17, 15) is 29.7 Å². The predicted molar refractivity (Wildman–Crippen MR) is 149 cm³/mol. The van der Waals surface area contributed by atoms with E-state index in [1.807, 2.05) is 67.8 Å². The van der Waals surface area contributed by atoms with Gasteiger partial charge in [0.15, 0.2) is 5.78 Å². The highest BCUT2D eigenvalue weighted by Crippen LogP contribution is 2.48. The summed E-state index contributed by atoms with van der Waals surface area (Å²) in [5, 5.41) is 40.9. The number of hydrogen-bond donors (Lipinski definition) is 5.